The summed E-state index contributed by atoms with van der Waals surface area (Å²) in [5.41, 5.74) is 5.06. The highest BCUT2D eigenvalue weighted by Gasteiger charge is 2.34. The zero-order valence-electron chi connectivity index (χ0n) is 15.4. The van der Waals surface area contributed by atoms with Crippen LogP contribution in [0.1, 0.15) is 5.56 Å². The second-order valence-corrected chi connectivity index (χ2v) is 8.17. The Balaban J connectivity index is 1.40. The summed E-state index contributed by atoms with van der Waals surface area (Å²) in [5, 5.41) is 8.90. The quantitative estimate of drug-likeness (QED) is 0.645. The lowest BCUT2D eigenvalue weighted by atomic mass is 10.1. The Labute approximate surface area is 168 Å². The predicted molar refractivity (Wildman–Crippen MR) is 104 cm³/mol. The molecule has 154 valence electrons. The van der Waals surface area contributed by atoms with E-state index in [1.165, 1.54) is 17.5 Å². The molecule has 3 aromatic rings. The average molecular weight is 424 g/mol. The van der Waals surface area contributed by atoms with Crippen molar-refractivity contribution >= 4 is 27.2 Å². The predicted octanol–water partition coefficient (Wildman–Crippen LogP) is 1.55. The molecule has 2 saturated heterocycles. The summed E-state index contributed by atoms with van der Waals surface area (Å²) in [6, 6.07) is 1.44. The molecule has 0 aliphatic carbocycles. The Morgan fingerprint density at radius 2 is 2.10 bits per heavy atom. The summed E-state index contributed by atoms with van der Waals surface area (Å²) < 4.78 is 40.9. The molecule has 0 aromatic carbocycles. The number of nitrogens with one attached hydrogen (secondary N) is 1. The highest BCUT2D eigenvalue weighted by Crippen LogP contribution is 2.35. The number of nitrogens with two attached hydrogens (primary N) is 1. The molecule has 5 heterocycles. The van der Waals surface area contributed by atoms with E-state index >= 15 is 0 Å². The van der Waals surface area contributed by atoms with E-state index in [4.69, 9.17) is 5.73 Å². The van der Waals surface area contributed by atoms with Gasteiger partial charge in [-0.15, -0.1) is 5.10 Å². The first-order valence-electron chi connectivity index (χ1n) is 9.27. The van der Waals surface area contributed by atoms with E-state index in [1.807, 2.05) is 0 Å². The van der Waals surface area contributed by atoms with Crippen molar-refractivity contribution < 1.29 is 13.2 Å². The van der Waals surface area contributed by atoms with Crippen LogP contribution in [0.15, 0.2) is 18.5 Å². The molecule has 2 aliphatic heterocycles. The number of hydrogen-bond acceptors (Lipinski definition) is 8. The number of fused-ring (bicyclic) bond motifs is 2. The lowest BCUT2D eigenvalue weighted by molar-refractivity contribution is -0.137. The smallest absolute Gasteiger partial charge is 0.383 e. The number of aromatic nitrogens is 4. The number of hydrogen-bond donors (Lipinski definition) is 2. The molecule has 12 heteroatoms. The summed E-state index contributed by atoms with van der Waals surface area (Å²) in [4.78, 5) is 13.5. The molecule has 8 nitrogen and oxygen atoms in total. The van der Waals surface area contributed by atoms with Crippen molar-refractivity contribution in [2.24, 2.45) is 0 Å². The third-order valence-corrected chi connectivity index (χ3v) is 6.37. The molecule has 3 N–H and O–H groups in total. The minimum atomic E-state index is -4.56. The number of imidazole rings is 1. The maximum absolute atomic E-state index is 13.1. The second-order valence-electron chi connectivity index (χ2n) is 7.23. The van der Waals surface area contributed by atoms with E-state index < -0.39 is 17.6 Å². The minimum absolute atomic E-state index is 0.257. The van der Waals surface area contributed by atoms with Crippen LogP contribution >= 0.6 is 11.3 Å². The van der Waals surface area contributed by atoms with Gasteiger partial charge in [-0.05, 0) is 6.07 Å². The summed E-state index contributed by atoms with van der Waals surface area (Å²) in [7, 11) is 0. The van der Waals surface area contributed by atoms with Gasteiger partial charge in [-0.2, -0.15) is 13.2 Å². The van der Waals surface area contributed by atoms with Crippen molar-refractivity contribution in [3.8, 4) is 11.3 Å². The van der Waals surface area contributed by atoms with Crippen molar-refractivity contribution in [1.29, 1.82) is 0 Å². The molecule has 3 aromatic heterocycles. The van der Waals surface area contributed by atoms with Gasteiger partial charge in [0.1, 0.15) is 5.82 Å². The molecule has 0 radical (unpaired) electrons. The number of rotatable bonds is 2. The minimum Gasteiger partial charge on any atom is -0.383 e. The highest BCUT2D eigenvalue weighted by molar-refractivity contribution is 7.20. The van der Waals surface area contributed by atoms with Gasteiger partial charge in [-0.1, -0.05) is 11.3 Å². The molecule has 5 rings (SSSR count). The summed E-state index contributed by atoms with van der Waals surface area (Å²) in [6.07, 6.45) is -1.64. The van der Waals surface area contributed by atoms with Gasteiger partial charge in [0.2, 0.25) is 10.1 Å². The number of anilines is 2. The third-order valence-electron chi connectivity index (χ3n) is 5.38. The van der Waals surface area contributed by atoms with E-state index in [0.717, 1.165) is 50.5 Å². The van der Waals surface area contributed by atoms with Gasteiger partial charge in [0.15, 0.2) is 0 Å². The van der Waals surface area contributed by atoms with Gasteiger partial charge in [0.25, 0.3) is 0 Å². The molecule has 0 spiro atoms. The van der Waals surface area contributed by atoms with Crippen LogP contribution in [-0.2, 0) is 6.18 Å². The molecular formula is C17H19F3N8S. The fourth-order valence-electron chi connectivity index (χ4n) is 3.84. The Morgan fingerprint density at radius 1 is 1.24 bits per heavy atom. The Hall–Kier alpha value is -2.44. The van der Waals surface area contributed by atoms with Crippen molar-refractivity contribution in [2.75, 3.05) is 49.9 Å². The number of nitrogen functional groups attached to an aromatic ring is 1. The van der Waals surface area contributed by atoms with Crippen LogP contribution in [0.25, 0.3) is 16.2 Å². The van der Waals surface area contributed by atoms with E-state index in [2.05, 4.69) is 30.2 Å². The number of nitrogens with zero attached hydrogens (tertiary/aromatic N) is 6. The maximum Gasteiger partial charge on any atom is 0.419 e. The van der Waals surface area contributed by atoms with Gasteiger partial charge in [-0.25, -0.2) is 14.5 Å². The average Bonchev–Trinajstić information content (AvgIpc) is 3.26. The first-order valence-corrected chi connectivity index (χ1v) is 10.1. The van der Waals surface area contributed by atoms with E-state index in [0.29, 0.717) is 16.7 Å². The standard InChI is InChI=1S/C17H19F3N8S/c18-17(19,20)12-5-10(6-23-14(12)21)13-9-28-15(24-13)29-16(25-28)27-4-3-26-2-1-22-7-11(26)8-27/h5-6,9,11,22H,1-4,7-8H2,(H2,21,23). The van der Waals surface area contributed by atoms with Gasteiger partial charge in [0, 0.05) is 57.1 Å². The number of halogens is 3. The monoisotopic (exact) mass is 424 g/mol. The van der Waals surface area contributed by atoms with E-state index in [-0.39, 0.29) is 5.56 Å². The Bertz CT molecular complexity index is 1010. The SMILES string of the molecule is Nc1ncc(-c2cn3nc(N4CCN5CCNCC5C4)sc3n2)cc1C(F)(F)F. The zero-order chi connectivity index (χ0) is 20.2. The molecule has 2 aliphatic rings. The topological polar surface area (TPSA) is 87.6 Å². The first kappa shape index (κ1) is 18.6. The van der Waals surface area contributed by atoms with Crippen LogP contribution in [0.5, 0.6) is 0 Å². The van der Waals surface area contributed by atoms with Crippen molar-refractivity contribution in [1.82, 2.24) is 29.8 Å². The summed E-state index contributed by atoms with van der Waals surface area (Å²) in [5.74, 6) is -0.543. The molecule has 0 bridgehead atoms. The number of piperazine rings is 2. The Kier molecular flexibility index (Phi) is 4.37. The second kappa shape index (κ2) is 6.82. The lowest BCUT2D eigenvalue weighted by Crippen LogP contribution is -2.61. The first-order chi connectivity index (χ1) is 13.9. The molecule has 1 unspecified atom stereocenters. The fourth-order valence-corrected chi connectivity index (χ4v) is 4.76. The van der Waals surface area contributed by atoms with Crippen molar-refractivity contribution in [3.05, 3.63) is 24.0 Å². The van der Waals surface area contributed by atoms with Gasteiger partial charge in [0.05, 0.1) is 17.5 Å². The molecule has 1 atom stereocenters. The molecule has 0 amide bonds. The van der Waals surface area contributed by atoms with E-state index in [1.54, 1.807) is 10.7 Å². The normalized spacial score (nSPS) is 20.9. The van der Waals surface area contributed by atoms with Crippen LogP contribution in [0.4, 0.5) is 24.1 Å². The fraction of sp³-hybridized carbons (Fsp3) is 0.471. The van der Waals surface area contributed by atoms with E-state index in [9.17, 15) is 13.2 Å². The van der Waals surface area contributed by atoms with Crippen LogP contribution in [0, 0.1) is 0 Å². The van der Waals surface area contributed by atoms with Crippen LogP contribution in [-0.4, -0.2) is 69.8 Å². The Morgan fingerprint density at radius 3 is 2.90 bits per heavy atom. The van der Waals surface area contributed by atoms with Crippen LogP contribution in [0.3, 0.4) is 0 Å². The molecular weight excluding hydrogens is 405 g/mol. The highest BCUT2D eigenvalue weighted by atomic mass is 32.1. The zero-order valence-corrected chi connectivity index (χ0v) is 16.2. The van der Waals surface area contributed by atoms with Crippen LogP contribution in [0.2, 0.25) is 0 Å². The van der Waals surface area contributed by atoms with Crippen molar-refractivity contribution in [3.63, 3.8) is 0 Å². The number of alkyl halides is 3. The molecule has 2 fully saturated rings. The third kappa shape index (κ3) is 3.40. The van der Waals surface area contributed by atoms with Crippen LogP contribution < -0.4 is 16.0 Å². The van der Waals surface area contributed by atoms with Crippen molar-refractivity contribution in [2.45, 2.75) is 12.2 Å². The molecule has 29 heavy (non-hydrogen) atoms. The summed E-state index contributed by atoms with van der Waals surface area (Å²) in [6.45, 7) is 5.86. The van der Waals surface area contributed by atoms with Gasteiger partial charge in [-0.3, -0.25) is 4.90 Å². The van der Waals surface area contributed by atoms with Gasteiger partial charge >= 0.3 is 6.18 Å². The maximum atomic E-state index is 13.1. The lowest BCUT2D eigenvalue weighted by Gasteiger charge is -2.44. The van der Waals surface area contributed by atoms with Gasteiger partial charge < -0.3 is 16.0 Å². The summed E-state index contributed by atoms with van der Waals surface area (Å²) >= 11 is 1.43. The molecule has 0 saturated carbocycles. The number of pyridine rings is 1. The largest absolute Gasteiger partial charge is 0.419 e.